The topological polar surface area (TPSA) is 330 Å². The first-order valence-electron chi connectivity index (χ1n) is 29.2. The van der Waals surface area contributed by atoms with Crippen LogP contribution in [0.2, 0.25) is 25.1 Å². The van der Waals surface area contributed by atoms with Crippen molar-refractivity contribution in [1.82, 2.24) is 24.9 Å². The van der Waals surface area contributed by atoms with E-state index in [1.807, 2.05) is 36.4 Å². The third-order valence-corrected chi connectivity index (χ3v) is 15.2. The molecule has 0 aliphatic rings. The molecular weight excluding hydrogens is 1470 g/mol. The number of alkyl halides is 1. The molecule has 5 heterocycles. The highest BCUT2D eigenvalue weighted by atomic mass is 79.9. The molecule has 11 aromatic rings. The molecule has 0 unspecified atom stereocenters. The van der Waals surface area contributed by atoms with Crippen LogP contribution < -0.4 is 46.8 Å². The maximum atomic E-state index is 12.6. The molecule has 5 aromatic heterocycles. The smallest absolute Gasteiger partial charge is 0.269 e. The first-order valence-corrected chi connectivity index (χ1v) is 32.2. The largest absolute Gasteiger partial charge is 0.506 e. The minimum absolute atomic E-state index is 0.0219. The Labute approximate surface area is 604 Å². The van der Waals surface area contributed by atoms with Gasteiger partial charge in [-0.05, 0) is 139 Å². The van der Waals surface area contributed by atoms with Crippen LogP contribution in [0, 0.1) is 38.1 Å². The summed E-state index contributed by atoms with van der Waals surface area (Å²) in [6.45, 7) is 2.23. The maximum absolute atomic E-state index is 12.6. The summed E-state index contributed by atoms with van der Waals surface area (Å²) in [7, 11) is 0. The normalized spacial score (nSPS) is 10.1. The molecule has 0 spiro atoms. The quantitative estimate of drug-likeness (QED) is 0.0116. The molecule has 0 amide bonds. The molecule has 0 aliphatic heterocycles. The minimum Gasteiger partial charge on any atom is -0.506 e. The Bertz CT molecular complexity index is 4340. The number of nitrogens with two attached hydrogens (primary N) is 3. The molecule has 0 saturated heterocycles. The van der Waals surface area contributed by atoms with Crippen molar-refractivity contribution in [1.29, 1.82) is 0 Å². The average molecular weight is 1530 g/mol. The number of hydrogen-bond acceptors (Lipinski definition) is 20. The number of nitro groups is 2. The fraction of sp³-hybridized carbons (Fsp3) is 0.116. The number of nitrogen functional groups attached to an aromatic ring is 3. The van der Waals surface area contributed by atoms with Crippen LogP contribution in [-0.2, 0) is 38.3 Å². The second-order valence-corrected chi connectivity index (χ2v) is 22.7. The zero-order valence-corrected chi connectivity index (χ0v) is 57.7. The van der Waals surface area contributed by atoms with Crippen LogP contribution in [0.15, 0.2) is 213 Å². The molecule has 0 atom stereocenters. The van der Waals surface area contributed by atoms with E-state index in [4.69, 9.17) is 104 Å². The van der Waals surface area contributed by atoms with E-state index in [-0.39, 0.29) is 36.9 Å². The van der Waals surface area contributed by atoms with Crippen molar-refractivity contribution in [2.24, 2.45) is 0 Å². The number of aliphatic hydroxyl groups is 1. The van der Waals surface area contributed by atoms with E-state index < -0.39 is 27.7 Å². The summed E-state index contributed by atoms with van der Waals surface area (Å²) in [6.07, 6.45) is 6.89. The number of halogens is 9. The summed E-state index contributed by atoms with van der Waals surface area (Å²) in [5, 5.41) is 47.7. The number of nitrogens with zero attached hydrogens (tertiary/aromatic N) is 7. The van der Waals surface area contributed by atoms with Gasteiger partial charge >= 0.3 is 0 Å². The molecule has 0 radical (unpaired) electrons. The first kappa shape index (κ1) is 78.5. The van der Waals surface area contributed by atoms with E-state index in [0.29, 0.717) is 102 Å². The molecule has 0 saturated carbocycles. The van der Waals surface area contributed by atoms with Crippen LogP contribution in [0.5, 0.6) is 28.7 Å². The summed E-state index contributed by atoms with van der Waals surface area (Å²) in [5.74, 6) is 1.88. The first-order chi connectivity index (χ1) is 48.0. The zero-order valence-electron chi connectivity index (χ0n) is 52.3. The lowest BCUT2D eigenvalue weighted by atomic mass is 10.2. The summed E-state index contributed by atoms with van der Waals surface area (Å²) in [4.78, 5) is 38.6. The number of ether oxygens (including phenoxy) is 4. The van der Waals surface area contributed by atoms with Gasteiger partial charge in [-0.1, -0.05) is 104 Å². The van der Waals surface area contributed by atoms with Gasteiger partial charge in [0.15, 0.2) is 0 Å². The van der Waals surface area contributed by atoms with Crippen molar-refractivity contribution in [3.63, 3.8) is 0 Å². The number of nitrogens with one attached hydrogen (secondary N) is 2. The average Bonchev–Trinajstić information content (AvgIpc) is 0.894. The summed E-state index contributed by atoms with van der Waals surface area (Å²) in [5.41, 5.74) is 23.9. The number of benzene rings is 6. The molecule has 520 valence electrons. The lowest BCUT2D eigenvalue weighted by molar-refractivity contribution is -0.385. The van der Waals surface area contributed by atoms with Crippen molar-refractivity contribution in [3.8, 4) is 28.7 Å². The molecule has 22 nitrogen and oxygen atoms in total. The van der Waals surface area contributed by atoms with Crippen molar-refractivity contribution in [2.45, 2.75) is 38.3 Å². The lowest BCUT2D eigenvalue weighted by Gasteiger charge is -2.10. The van der Waals surface area contributed by atoms with Gasteiger partial charge in [0.25, 0.3) is 11.4 Å². The van der Waals surface area contributed by atoms with E-state index in [2.05, 4.69) is 63.6 Å². The highest BCUT2D eigenvalue weighted by Crippen LogP contribution is 2.28. The van der Waals surface area contributed by atoms with Crippen LogP contribution in [0.4, 0.5) is 53.2 Å². The van der Waals surface area contributed by atoms with Gasteiger partial charge in [-0.15, -0.1) is 0 Å². The molecule has 0 bridgehead atoms. The van der Waals surface area contributed by atoms with Crippen LogP contribution in [0.25, 0.3) is 0 Å². The number of non-ortho nitro benzene ring substituents is 2. The predicted molar refractivity (Wildman–Crippen MR) is 386 cm³/mol. The number of aliphatic hydroxyl groups excluding tert-OH is 1. The van der Waals surface area contributed by atoms with E-state index in [9.17, 15) is 33.4 Å². The Morgan fingerprint density at radius 1 is 0.440 bits per heavy atom. The predicted octanol–water partition coefficient (Wildman–Crippen LogP) is 17.3. The third kappa shape index (κ3) is 28.6. The lowest BCUT2D eigenvalue weighted by Crippen LogP contribution is -2.06. The van der Waals surface area contributed by atoms with Crippen molar-refractivity contribution < 1.29 is 52.2 Å². The summed E-state index contributed by atoms with van der Waals surface area (Å²) >= 11 is 33.0. The molecule has 31 heteroatoms. The van der Waals surface area contributed by atoms with Gasteiger partial charge in [0.05, 0.1) is 47.4 Å². The highest BCUT2D eigenvalue weighted by molar-refractivity contribution is 9.08. The second-order valence-electron chi connectivity index (χ2n) is 20.1. The van der Waals surface area contributed by atoms with Crippen molar-refractivity contribution in [2.75, 3.05) is 41.0 Å². The van der Waals surface area contributed by atoms with Crippen LogP contribution in [-0.4, -0.2) is 58.1 Å². The number of rotatable bonds is 21. The fourth-order valence-corrected chi connectivity index (χ4v) is 9.20. The molecule has 0 aliphatic carbocycles. The number of anilines is 5. The van der Waals surface area contributed by atoms with Gasteiger partial charge in [-0.25, -0.2) is 24.9 Å². The van der Waals surface area contributed by atoms with Gasteiger partial charge in [0.1, 0.15) is 66.8 Å². The Hall–Kier alpha value is -10.5. The highest BCUT2D eigenvalue weighted by Gasteiger charge is 2.12. The molecule has 10 N–H and O–H groups in total. The molecule has 11 rings (SSSR count). The molecule has 6 aromatic carbocycles. The summed E-state index contributed by atoms with van der Waals surface area (Å²) < 4.78 is 59.1. The SMILES string of the molecule is Nc1ccc(Cl)c(COc2ccc(F)nc2)c1.Nc1ccc(Cl)c(COc2ccc(NCCO)nc2)c1.Nc1ccc(Cl)c(COc2ccc(NCc3ccccc3)nc2)c1.O=[N+]([O-])c1ccc(Cl)c(CBr)c1.O=[N+]([O-])c1ccc(Cl)c(COc2ccc(F)nc2)c1.Oc1ccc(F)nc1. The maximum Gasteiger partial charge on any atom is 0.269 e. The Morgan fingerprint density at radius 3 is 1.13 bits per heavy atom. The summed E-state index contributed by atoms with van der Waals surface area (Å²) in [6, 6.07) is 49.4. The minimum atomic E-state index is -0.610. The third-order valence-electron chi connectivity index (χ3n) is 12.7. The Morgan fingerprint density at radius 2 is 0.790 bits per heavy atom. The number of nitro benzene ring substituents is 2. The van der Waals surface area contributed by atoms with Gasteiger partial charge in [0.2, 0.25) is 17.8 Å². The zero-order chi connectivity index (χ0) is 72.3. The van der Waals surface area contributed by atoms with Crippen molar-refractivity contribution in [3.05, 3.63) is 310 Å². The van der Waals surface area contributed by atoms with E-state index in [1.165, 1.54) is 78.6 Å². The number of aromatic nitrogens is 5. The Balaban J connectivity index is 0.000000194. The molecular formula is C69H61BrCl5F3N12O10. The molecule has 0 fully saturated rings. The van der Waals surface area contributed by atoms with Gasteiger partial charge in [-0.3, -0.25) is 20.2 Å². The number of hydrogen-bond donors (Lipinski definition) is 7. The van der Waals surface area contributed by atoms with E-state index in [0.717, 1.165) is 52.9 Å². The Kier molecular flexibility index (Phi) is 32.8. The van der Waals surface area contributed by atoms with Gasteiger partial charge < -0.3 is 57.0 Å². The van der Waals surface area contributed by atoms with Crippen molar-refractivity contribution >= 4 is 114 Å². The monoisotopic (exact) mass is 1530 g/mol. The van der Waals surface area contributed by atoms with Gasteiger partial charge in [-0.2, -0.15) is 13.2 Å². The van der Waals surface area contributed by atoms with E-state index in [1.54, 1.807) is 73.1 Å². The molecule has 100 heavy (non-hydrogen) atoms. The van der Waals surface area contributed by atoms with Crippen LogP contribution >= 0.6 is 73.9 Å². The number of aromatic hydroxyl groups is 1. The fourth-order valence-electron chi connectivity index (χ4n) is 7.70. The van der Waals surface area contributed by atoms with Gasteiger partial charge in [0, 0.05) is 107 Å². The second kappa shape index (κ2) is 41.7. The standard InChI is InChI=1S/C19H18ClN3O.C14H16ClN3O2.C12H8ClFN2O3.C12H10ClFN2O.C7H5BrClNO2.C5H4FNO/c20-18-8-6-16(21)10-15(18)13-24-17-7-9-19(23-12-17)22-11-14-4-2-1-3-5-14;15-13-3-1-11(16)7-10(13)9-20-12-2-4-14(18-8-12)17-5-6-19;13-11-3-1-9(16(17)18)5-8(11)7-19-10-2-4-12(14)15-6-10;13-11-3-1-9(15)5-8(11)7-17-10-2-4-12(14)16-6-10;8-4-5-3-6(10(11)12)1-2-7(5)9;6-5-2-1-4(8)3-7-5/h1-10,12H,11,13,21H2,(H,22,23);1-4,7-8,19H,5-6,9,16H2,(H,17,18);1-6H,7H2;1-6H,7,15H2;1-3H,4H2;1-3,8H. The van der Waals surface area contributed by atoms with Crippen LogP contribution in [0.1, 0.15) is 33.4 Å². The number of pyridine rings is 5. The van der Waals surface area contributed by atoms with Crippen LogP contribution in [0.3, 0.4) is 0 Å². The van der Waals surface area contributed by atoms with E-state index >= 15 is 0 Å².